The lowest BCUT2D eigenvalue weighted by atomic mass is 10.1. The van der Waals surface area contributed by atoms with E-state index in [1.807, 2.05) is 60.8 Å². The molecule has 0 unspecified atom stereocenters. The Hall–Kier alpha value is -2.99. The van der Waals surface area contributed by atoms with Gasteiger partial charge in [-0.05, 0) is 31.2 Å². The van der Waals surface area contributed by atoms with Crippen LogP contribution in [0.1, 0.15) is 27.9 Å². The van der Waals surface area contributed by atoms with E-state index < -0.39 is 0 Å². The molecule has 3 rings (SSSR count). The summed E-state index contributed by atoms with van der Waals surface area (Å²) in [6.07, 6.45) is 0. The number of aromatic nitrogens is 1. The lowest BCUT2D eigenvalue weighted by Gasteiger charge is -2.04. The van der Waals surface area contributed by atoms with Crippen molar-refractivity contribution in [3.8, 4) is 11.3 Å². The number of nitrogens with one attached hydrogen (secondary N) is 2. The van der Waals surface area contributed by atoms with E-state index in [1.165, 1.54) is 18.3 Å². The van der Waals surface area contributed by atoms with Crippen LogP contribution in [0.2, 0.25) is 0 Å². The van der Waals surface area contributed by atoms with Crippen molar-refractivity contribution in [2.75, 3.05) is 5.32 Å². The van der Waals surface area contributed by atoms with Crippen LogP contribution in [0.15, 0.2) is 53.9 Å². The zero-order chi connectivity index (χ0) is 18.5. The molecule has 132 valence electrons. The third kappa shape index (κ3) is 4.55. The number of rotatable bonds is 5. The van der Waals surface area contributed by atoms with E-state index in [-0.39, 0.29) is 11.8 Å². The van der Waals surface area contributed by atoms with Gasteiger partial charge in [-0.25, -0.2) is 4.98 Å². The summed E-state index contributed by atoms with van der Waals surface area (Å²) in [6, 6.07) is 15.0. The van der Waals surface area contributed by atoms with E-state index in [0.717, 1.165) is 27.5 Å². The van der Waals surface area contributed by atoms with Crippen molar-refractivity contribution in [1.82, 2.24) is 10.3 Å². The van der Waals surface area contributed by atoms with Crippen molar-refractivity contribution >= 4 is 28.8 Å². The minimum atomic E-state index is -0.110. The van der Waals surface area contributed by atoms with E-state index in [4.69, 9.17) is 0 Å². The summed E-state index contributed by atoms with van der Waals surface area (Å²) in [6.45, 7) is 3.86. The van der Waals surface area contributed by atoms with E-state index in [0.29, 0.717) is 12.1 Å². The van der Waals surface area contributed by atoms with Gasteiger partial charge < -0.3 is 10.6 Å². The van der Waals surface area contributed by atoms with Crippen molar-refractivity contribution in [3.63, 3.8) is 0 Å². The van der Waals surface area contributed by atoms with Gasteiger partial charge in [-0.3, -0.25) is 9.59 Å². The number of hydrogen-bond acceptors (Lipinski definition) is 4. The monoisotopic (exact) mass is 365 g/mol. The zero-order valence-electron chi connectivity index (χ0n) is 14.6. The van der Waals surface area contributed by atoms with Gasteiger partial charge in [0.1, 0.15) is 5.01 Å². The van der Waals surface area contributed by atoms with Gasteiger partial charge in [-0.1, -0.05) is 29.8 Å². The van der Waals surface area contributed by atoms with E-state index in [1.54, 1.807) is 0 Å². The summed E-state index contributed by atoms with van der Waals surface area (Å²) < 4.78 is 0. The maximum absolute atomic E-state index is 12.2. The molecule has 3 aromatic rings. The molecule has 0 aliphatic heterocycles. The third-order valence-corrected chi connectivity index (χ3v) is 4.62. The predicted molar refractivity (Wildman–Crippen MR) is 104 cm³/mol. The Labute approximate surface area is 156 Å². The van der Waals surface area contributed by atoms with E-state index in [2.05, 4.69) is 15.6 Å². The SMILES string of the molecule is CC(=O)Nc1ccc(-c2csc(CNC(=O)c3ccc(C)cc3)n2)cc1. The summed E-state index contributed by atoms with van der Waals surface area (Å²) in [4.78, 5) is 27.8. The molecule has 0 saturated carbocycles. The zero-order valence-corrected chi connectivity index (χ0v) is 15.4. The predicted octanol–water partition coefficient (Wildman–Crippen LogP) is 4.01. The van der Waals surface area contributed by atoms with Crippen LogP contribution in [-0.2, 0) is 11.3 Å². The Bertz CT molecular complexity index is 915. The van der Waals surface area contributed by atoms with Gasteiger partial charge in [0, 0.05) is 29.1 Å². The third-order valence-electron chi connectivity index (χ3n) is 3.77. The average Bonchev–Trinajstić information content (AvgIpc) is 3.09. The van der Waals surface area contributed by atoms with Gasteiger partial charge >= 0.3 is 0 Å². The van der Waals surface area contributed by atoms with Gasteiger partial charge in [-0.15, -0.1) is 11.3 Å². The molecule has 0 atom stereocenters. The molecule has 0 bridgehead atoms. The number of hydrogen-bond donors (Lipinski definition) is 2. The molecule has 5 nitrogen and oxygen atoms in total. The molecule has 2 aromatic carbocycles. The second-order valence-corrected chi connectivity index (χ2v) is 6.88. The van der Waals surface area contributed by atoms with E-state index in [9.17, 15) is 9.59 Å². The second-order valence-electron chi connectivity index (χ2n) is 5.93. The molecule has 2 N–H and O–H groups in total. The number of amides is 2. The van der Waals surface area contributed by atoms with Gasteiger partial charge in [0.2, 0.25) is 5.91 Å². The minimum absolute atomic E-state index is 0.0991. The molecule has 2 amide bonds. The lowest BCUT2D eigenvalue weighted by molar-refractivity contribution is -0.114. The van der Waals surface area contributed by atoms with Gasteiger partial charge in [0.05, 0.1) is 12.2 Å². The summed E-state index contributed by atoms with van der Waals surface area (Å²) in [7, 11) is 0. The maximum atomic E-state index is 12.2. The highest BCUT2D eigenvalue weighted by Gasteiger charge is 2.08. The molecule has 0 fully saturated rings. The molecule has 1 heterocycles. The number of aryl methyl sites for hydroxylation is 1. The van der Waals surface area contributed by atoms with Crippen molar-refractivity contribution < 1.29 is 9.59 Å². The van der Waals surface area contributed by atoms with Crippen LogP contribution in [0.25, 0.3) is 11.3 Å². The van der Waals surface area contributed by atoms with Gasteiger partial charge in [0.15, 0.2) is 0 Å². The van der Waals surface area contributed by atoms with Crippen molar-refractivity contribution in [2.45, 2.75) is 20.4 Å². The van der Waals surface area contributed by atoms with Crippen LogP contribution in [-0.4, -0.2) is 16.8 Å². The Morgan fingerprint density at radius 1 is 1.04 bits per heavy atom. The number of anilines is 1. The van der Waals surface area contributed by atoms with Gasteiger partial charge in [-0.2, -0.15) is 0 Å². The Kier molecular flexibility index (Phi) is 5.43. The first-order valence-electron chi connectivity index (χ1n) is 8.18. The van der Waals surface area contributed by atoms with E-state index >= 15 is 0 Å². The maximum Gasteiger partial charge on any atom is 0.251 e. The summed E-state index contributed by atoms with van der Waals surface area (Å²) >= 11 is 1.50. The van der Waals surface area contributed by atoms with Crippen LogP contribution in [0.5, 0.6) is 0 Å². The number of thiazole rings is 1. The van der Waals surface area contributed by atoms with Crippen molar-refractivity contribution in [2.24, 2.45) is 0 Å². The molecular weight excluding hydrogens is 346 g/mol. The second kappa shape index (κ2) is 7.93. The minimum Gasteiger partial charge on any atom is -0.346 e. The van der Waals surface area contributed by atoms with Crippen LogP contribution >= 0.6 is 11.3 Å². The fourth-order valence-electron chi connectivity index (χ4n) is 2.42. The Morgan fingerprint density at radius 3 is 2.38 bits per heavy atom. The lowest BCUT2D eigenvalue weighted by Crippen LogP contribution is -2.22. The summed E-state index contributed by atoms with van der Waals surface area (Å²) in [5.41, 5.74) is 4.33. The number of benzene rings is 2. The Balaban J connectivity index is 1.61. The van der Waals surface area contributed by atoms with Crippen LogP contribution < -0.4 is 10.6 Å². The summed E-state index contributed by atoms with van der Waals surface area (Å²) in [5.74, 6) is -0.209. The van der Waals surface area contributed by atoms with Crippen molar-refractivity contribution in [3.05, 3.63) is 70.0 Å². The topological polar surface area (TPSA) is 71.1 Å². The Morgan fingerprint density at radius 2 is 1.73 bits per heavy atom. The fraction of sp³-hybridized carbons (Fsp3) is 0.150. The quantitative estimate of drug-likeness (QED) is 0.718. The first-order chi connectivity index (χ1) is 12.5. The molecule has 1 aromatic heterocycles. The first kappa shape index (κ1) is 17.8. The molecule has 0 radical (unpaired) electrons. The smallest absolute Gasteiger partial charge is 0.251 e. The molecule has 0 aliphatic carbocycles. The van der Waals surface area contributed by atoms with Crippen LogP contribution in [0.4, 0.5) is 5.69 Å². The number of nitrogens with zero attached hydrogens (tertiary/aromatic N) is 1. The molecule has 6 heteroatoms. The number of carbonyl (C=O) groups is 2. The molecule has 0 aliphatic rings. The normalized spacial score (nSPS) is 10.4. The highest BCUT2D eigenvalue weighted by atomic mass is 32.1. The van der Waals surface area contributed by atoms with Gasteiger partial charge in [0.25, 0.3) is 5.91 Å². The van der Waals surface area contributed by atoms with Crippen LogP contribution in [0, 0.1) is 6.92 Å². The highest BCUT2D eigenvalue weighted by Crippen LogP contribution is 2.23. The molecular formula is C20H19N3O2S. The number of carbonyl (C=O) groups excluding carboxylic acids is 2. The molecule has 26 heavy (non-hydrogen) atoms. The van der Waals surface area contributed by atoms with Crippen LogP contribution in [0.3, 0.4) is 0 Å². The first-order valence-corrected chi connectivity index (χ1v) is 9.06. The van der Waals surface area contributed by atoms with Crippen molar-refractivity contribution in [1.29, 1.82) is 0 Å². The largest absolute Gasteiger partial charge is 0.346 e. The highest BCUT2D eigenvalue weighted by molar-refractivity contribution is 7.09. The molecule has 0 spiro atoms. The average molecular weight is 365 g/mol. The standard InChI is InChI=1S/C20H19N3O2S/c1-13-3-5-16(6-4-13)20(25)21-11-19-23-18(12-26-19)15-7-9-17(10-8-15)22-14(2)24/h3-10,12H,11H2,1-2H3,(H,21,25)(H,22,24). The fourth-order valence-corrected chi connectivity index (χ4v) is 3.16. The summed E-state index contributed by atoms with van der Waals surface area (Å²) in [5, 5.41) is 8.43. The molecule has 0 saturated heterocycles.